The molecule has 1 aromatic carbocycles. The molecule has 6 nitrogen and oxygen atoms in total. The number of rotatable bonds is 7. The molecule has 0 aliphatic carbocycles. The Kier molecular flexibility index (Phi) is 6.02. The zero-order valence-electron chi connectivity index (χ0n) is 15.4. The van der Waals surface area contributed by atoms with Gasteiger partial charge in [0, 0.05) is 18.4 Å². The molecule has 1 unspecified atom stereocenters. The molecule has 2 aromatic heterocycles. The van der Waals surface area contributed by atoms with E-state index in [9.17, 15) is 22.4 Å². The number of halogens is 4. The molecular weight excluding hydrogens is 392 g/mol. The number of nitrogens with one attached hydrogen (secondary N) is 1. The Morgan fingerprint density at radius 1 is 1.21 bits per heavy atom. The van der Waals surface area contributed by atoms with Crippen molar-refractivity contribution in [3.8, 4) is 11.5 Å². The Labute approximate surface area is 163 Å². The Morgan fingerprint density at radius 3 is 2.48 bits per heavy atom. The van der Waals surface area contributed by atoms with Crippen molar-refractivity contribution < 1.29 is 27.1 Å². The lowest BCUT2D eigenvalue weighted by Gasteiger charge is -2.16. The predicted molar refractivity (Wildman–Crippen MR) is 96.7 cm³/mol. The topological polar surface area (TPSA) is 61.1 Å². The predicted octanol–water partition coefficient (Wildman–Crippen LogP) is 3.50. The highest BCUT2D eigenvalue weighted by atomic mass is 19.4. The number of amides is 1. The van der Waals surface area contributed by atoms with Crippen molar-refractivity contribution in [2.45, 2.75) is 19.1 Å². The minimum Gasteiger partial charge on any atom is -0.370 e. The largest absolute Gasteiger partial charge is 0.411 e. The summed E-state index contributed by atoms with van der Waals surface area (Å²) in [6.07, 6.45) is 0.340. The zero-order valence-corrected chi connectivity index (χ0v) is 15.4. The summed E-state index contributed by atoms with van der Waals surface area (Å²) in [5.41, 5.74) is 0.740. The Morgan fingerprint density at radius 2 is 1.86 bits per heavy atom. The van der Waals surface area contributed by atoms with Crippen LogP contribution >= 0.6 is 0 Å². The van der Waals surface area contributed by atoms with Gasteiger partial charge in [0.05, 0.1) is 18.5 Å². The van der Waals surface area contributed by atoms with Crippen molar-refractivity contribution in [3.63, 3.8) is 0 Å². The average Bonchev–Trinajstić information content (AvgIpc) is 3.30. The highest BCUT2D eigenvalue weighted by Gasteiger charge is 2.28. The number of ether oxygens (including phenoxy) is 1. The van der Waals surface area contributed by atoms with Gasteiger partial charge < -0.3 is 14.6 Å². The van der Waals surface area contributed by atoms with E-state index >= 15 is 0 Å². The van der Waals surface area contributed by atoms with Crippen LogP contribution in [0.15, 0.2) is 55.0 Å². The summed E-state index contributed by atoms with van der Waals surface area (Å²) in [6, 6.07) is 8.45. The number of carbonyl (C=O) groups excluding carboxylic acids is 1. The zero-order chi connectivity index (χ0) is 21.0. The normalized spacial score (nSPS) is 12.7. The van der Waals surface area contributed by atoms with Crippen LogP contribution in [0.3, 0.4) is 0 Å². The van der Waals surface area contributed by atoms with Crippen molar-refractivity contribution in [2.75, 3.05) is 13.2 Å². The van der Waals surface area contributed by atoms with E-state index in [1.807, 2.05) is 0 Å². The van der Waals surface area contributed by atoms with Gasteiger partial charge in [-0.3, -0.25) is 4.79 Å². The van der Waals surface area contributed by atoms with E-state index in [0.29, 0.717) is 11.5 Å². The van der Waals surface area contributed by atoms with E-state index < -0.39 is 30.5 Å². The fourth-order valence-electron chi connectivity index (χ4n) is 2.69. The van der Waals surface area contributed by atoms with Gasteiger partial charge in [0.15, 0.2) is 5.82 Å². The fourth-order valence-corrected chi connectivity index (χ4v) is 2.69. The number of carbonyl (C=O) groups is 1. The van der Waals surface area contributed by atoms with Crippen LogP contribution in [0.25, 0.3) is 11.5 Å². The molecule has 1 amide bonds. The maximum atomic E-state index is 13.2. The van der Waals surface area contributed by atoms with Gasteiger partial charge in [0.25, 0.3) is 5.91 Å². The van der Waals surface area contributed by atoms with Crippen LogP contribution in [0.1, 0.15) is 17.3 Å². The van der Waals surface area contributed by atoms with Gasteiger partial charge in [0.1, 0.15) is 18.0 Å². The molecule has 154 valence electrons. The van der Waals surface area contributed by atoms with Crippen LogP contribution in [0.5, 0.6) is 0 Å². The first-order valence-electron chi connectivity index (χ1n) is 8.67. The number of benzene rings is 1. The lowest BCUT2D eigenvalue weighted by atomic mass is 10.2. The lowest BCUT2D eigenvalue weighted by Crippen LogP contribution is -2.37. The van der Waals surface area contributed by atoms with Crippen LogP contribution in [0.4, 0.5) is 17.6 Å². The monoisotopic (exact) mass is 410 g/mol. The minimum atomic E-state index is -4.43. The number of aromatic nitrogens is 3. The van der Waals surface area contributed by atoms with Gasteiger partial charge in [-0.05, 0) is 43.3 Å². The van der Waals surface area contributed by atoms with Gasteiger partial charge >= 0.3 is 6.18 Å². The highest BCUT2D eigenvalue weighted by Crippen LogP contribution is 2.20. The summed E-state index contributed by atoms with van der Waals surface area (Å²) in [4.78, 5) is 12.7. The van der Waals surface area contributed by atoms with Crippen molar-refractivity contribution in [1.82, 2.24) is 19.7 Å². The molecule has 0 aliphatic heterocycles. The van der Waals surface area contributed by atoms with Gasteiger partial charge in [-0.25, -0.2) is 9.07 Å². The molecule has 29 heavy (non-hydrogen) atoms. The molecule has 3 rings (SSSR count). The number of hydrogen-bond acceptors (Lipinski definition) is 3. The second kappa shape index (κ2) is 8.48. The maximum Gasteiger partial charge on any atom is 0.411 e. The van der Waals surface area contributed by atoms with Gasteiger partial charge in [-0.1, -0.05) is 0 Å². The van der Waals surface area contributed by atoms with E-state index in [1.54, 1.807) is 29.1 Å². The molecule has 0 spiro atoms. The van der Waals surface area contributed by atoms with Crippen LogP contribution < -0.4 is 5.32 Å². The smallest absolute Gasteiger partial charge is 0.370 e. The van der Waals surface area contributed by atoms with Crippen molar-refractivity contribution in [2.24, 2.45) is 0 Å². The summed E-state index contributed by atoms with van der Waals surface area (Å²) in [5.74, 6) is -0.526. The summed E-state index contributed by atoms with van der Waals surface area (Å²) in [7, 11) is 0. The van der Waals surface area contributed by atoms with Crippen LogP contribution in [-0.2, 0) is 4.74 Å². The lowest BCUT2D eigenvalue weighted by molar-refractivity contribution is -0.174. The molecule has 0 saturated heterocycles. The number of hydrogen-bond donors (Lipinski definition) is 1. The molecular formula is C19H18F4N4O2. The van der Waals surface area contributed by atoms with Crippen LogP contribution in [0.2, 0.25) is 0 Å². The highest BCUT2D eigenvalue weighted by molar-refractivity contribution is 5.97. The van der Waals surface area contributed by atoms with E-state index in [0.717, 1.165) is 0 Å². The van der Waals surface area contributed by atoms with E-state index in [2.05, 4.69) is 15.2 Å². The SMILES string of the molecule is CC(COCC(F)(F)F)NC(=O)c1cnn(-c2ccc(F)cc2)c1-n1cccc1. The third kappa shape index (κ3) is 5.23. The third-order valence-corrected chi connectivity index (χ3v) is 3.92. The van der Waals surface area contributed by atoms with Crippen molar-refractivity contribution in [3.05, 3.63) is 66.4 Å². The molecule has 0 radical (unpaired) electrons. The van der Waals surface area contributed by atoms with E-state index in [1.165, 1.54) is 42.1 Å². The molecule has 3 aromatic rings. The average molecular weight is 410 g/mol. The fraction of sp³-hybridized carbons (Fsp3) is 0.263. The van der Waals surface area contributed by atoms with Gasteiger partial charge in [0.2, 0.25) is 0 Å². The molecule has 0 saturated carbocycles. The first kappa shape index (κ1) is 20.6. The summed E-state index contributed by atoms with van der Waals surface area (Å²) < 4.78 is 57.5. The Balaban J connectivity index is 1.82. The summed E-state index contributed by atoms with van der Waals surface area (Å²) >= 11 is 0. The summed E-state index contributed by atoms with van der Waals surface area (Å²) in [5, 5.41) is 6.83. The molecule has 10 heteroatoms. The molecule has 0 aliphatic rings. The molecule has 0 fully saturated rings. The van der Waals surface area contributed by atoms with Gasteiger partial charge in [-0.2, -0.15) is 18.3 Å². The quantitative estimate of drug-likeness (QED) is 0.607. The Hall–Kier alpha value is -3.14. The molecule has 0 bridgehead atoms. The van der Waals surface area contributed by atoms with Crippen LogP contribution in [-0.4, -0.2) is 45.7 Å². The van der Waals surface area contributed by atoms with Crippen LogP contribution in [0, 0.1) is 5.82 Å². The van der Waals surface area contributed by atoms with Crippen molar-refractivity contribution >= 4 is 5.91 Å². The van der Waals surface area contributed by atoms with E-state index in [-0.39, 0.29) is 12.2 Å². The molecule has 1 atom stereocenters. The second-order valence-corrected chi connectivity index (χ2v) is 6.37. The number of nitrogens with zero attached hydrogens (tertiary/aromatic N) is 3. The first-order valence-corrected chi connectivity index (χ1v) is 8.67. The van der Waals surface area contributed by atoms with Crippen molar-refractivity contribution in [1.29, 1.82) is 0 Å². The minimum absolute atomic E-state index is 0.202. The third-order valence-electron chi connectivity index (χ3n) is 3.92. The second-order valence-electron chi connectivity index (χ2n) is 6.37. The van der Waals surface area contributed by atoms with Gasteiger partial charge in [-0.15, -0.1) is 0 Å². The Bertz CT molecular complexity index is 950. The molecule has 1 N–H and O–H groups in total. The maximum absolute atomic E-state index is 13.2. The number of alkyl halides is 3. The molecule has 2 heterocycles. The first-order chi connectivity index (χ1) is 13.7. The standard InChI is InChI=1S/C19H18F4N4O2/c1-13(11-29-12-19(21,22)23)25-17(28)16-10-24-27(15-6-4-14(20)5-7-15)18(16)26-8-2-3-9-26/h2-10,13H,11-12H2,1H3,(H,25,28). The van der Waals surface area contributed by atoms with E-state index in [4.69, 9.17) is 0 Å². The summed E-state index contributed by atoms with van der Waals surface area (Å²) in [6.45, 7) is -0.144.